The fourth-order valence-electron chi connectivity index (χ4n) is 2.49. The molecule has 0 N–H and O–H groups in total. The largest absolute Gasteiger partial charge is 0.296 e. The Morgan fingerprint density at radius 3 is 2.62 bits per heavy atom. The first-order valence-corrected chi connectivity index (χ1v) is 7.12. The topological polar surface area (TPSA) is 17.8 Å². The summed E-state index contributed by atoms with van der Waals surface area (Å²) in [5.74, 6) is 0.418. The number of aryl methyl sites for hydroxylation is 2. The molecule has 0 saturated heterocycles. The summed E-state index contributed by atoms with van der Waals surface area (Å²) in [5.41, 5.74) is 2.76. The molecule has 1 heterocycles. The zero-order valence-electron chi connectivity index (χ0n) is 11.4. The number of hydrogen-bond donors (Lipinski definition) is 0. The standard InChI is InChI=1S/C16H13ClF2N2/c1-10-6-12(19)8-13(7-10)21-15-3-2-11(18)9-14(15)20-16(21)4-5-17/h2-3,6-9H,4-5H2,1H3. The molecule has 0 aliphatic carbocycles. The number of benzene rings is 2. The van der Waals surface area contributed by atoms with Crippen molar-refractivity contribution in [3.05, 3.63) is 59.4 Å². The molecule has 0 aliphatic heterocycles. The highest BCUT2D eigenvalue weighted by Gasteiger charge is 2.13. The van der Waals surface area contributed by atoms with Crippen molar-refractivity contribution in [1.82, 2.24) is 9.55 Å². The van der Waals surface area contributed by atoms with Crippen molar-refractivity contribution in [2.75, 3.05) is 5.88 Å². The molecule has 3 aromatic rings. The summed E-state index contributed by atoms with van der Waals surface area (Å²) in [7, 11) is 0. The smallest absolute Gasteiger partial charge is 0.125 e. The molecule has 1 aromatic heterocycles. The van der Waals surface area contributed by atoms with Crippen molar-refractivity contribution >= 4 is 22.6 Å². The maximum Gasteiger partial charge on any atom is 0.125 e. The molecule has 0 amide bonds. The lowest BCUT2D eigenvalue weighted by Gasteiger charge is -2.10. The molecular weight excluding hydrogens is 294 g/mol. The van der Waals surface area contributed by atoms with E-state index < -0.39 is 0 Å². The Balaban J connectivity index is 2.30. The summed E-state index contributed by atoms with van der Waals surface area (Å²) in [6, 6.07) is 9.16. The highest BCUT2D eigenvalue weighted by atomic mass is 35.5. The minimum atomic E-state index is -0.347. The molecule has 3 rings (SSSR count). The Morgan fingerprint density at radius 1 is 1.10 bits per heavy atom. The Hall–Kier alpha value is -1.94. The molecule has 0 spiro atoms. The summed E-state index contributed by atoms with van der Waals surface area (Å²) in [5, 5.41) is 0. The number of aromatic nitrogens is 2. The molecule has 108 valence electrons. The summed E-state index contributed by atoms with van der Waals surface area (Å²) in [6.45, 7) is 1.83. The van der Waals surface area contributed by atoms with E-state index in [1.54, 1.807) is 6.07 Å². The summed E-state index contributed by atoms with van der Waals surface area (Å²) in [6.07, 6.45) is 0.521. The number of fused-ring (bicyclic) bond motifs is 1. The van der Waals surface area contributed by atoms with Gasteiger partial charge in [-0.15, -0.1) is 11.6 Å². The number of alkyl halides is 1. The fraction of sp³-hybridized carbons (Fsp3) is 0.188. The lowest BCUT2D eigenvalue weighted by atomic mass is 10.2. The number of nitrogens with zero attached hydrogens (tertiary/aromatic N) is 2. The predicted molar refractivity (Wildman–Crippen MR) is 80.1 cm³/mol. The van der Waals surface area contributed by atoms with Crippen LogP contribution in [0.15, 0.2) is 36.4 Å². The Bertz CT molecular complexity index is 791. The Kier molecular flexibility index (Phi) is 3.64. The summed E-state index contributed by atoms with van der Waals surface area (Å²) in [4.78, 5) is 4.42. The third kappa shape index (κ3) is 2.63. The van der Waals surface area contributed by atoms with Gasteiger partial charge >= 0.3 is 0 Å². The zero-order valence-corrected chi connectivity index (χ0v) is 12.2. The van der Waals surface area contributed by atoms with E-state index in [4.69, 9.17) is 11.6 Å². The molecule has 0 saturated carbocycles. The highest BCUT2D eigenvalue weighted by molar-refractivity contribution is 6.17. The molecule has 0 bridgehead atoms. The molecule has 5 heteroatoms. The van der Waals surface area contributed by atoms with Crippen molar-refractivity contribution in [2.24, 2.45) is 0 Å². The van der Waals surface area contributed by atoms with E-state index in [9.17, 15) is 8.78 Å². The van der Waals surface area contributed by atoms with Gasteiger partial charge in [-0.2, -0.15) is 0 Å². The van der Waals surface area contributed by atoms with Crippen LogP contribution in [0.4, 0.5) is 8.78 Å². The Labute approximate surface area is 126 Å². The van der Waals surface area contributed by atoms with Gasteiger partial charge in [0.25, 0.3) is 0 Å². The number of imidazole rings is 1. The van der Waals surface area contributed by atoms with Crippen molar-refractivity contribution < 1.29 is 8.78 Å². The minimum absolute atomic E-state index is 0.314. The van der Waals surface area contributed by atoms with Crippen molar-refractivity contribution in [1.29, 1.82) is 0 Å². The van der Waals surface area contributed by atoms with Crippen LogP contribution in [0.3, 0.4) is 0 Å². The predicted octanol–water partition coefficient (Wildman–Crippen LogP) is 4.39. The van der Waals surface area contributed by atoms with Crippen molar-refractivity contribution in [3.8, 4) is 5.69 Å². The monoisotopic (exact) mass is 306 g/mol. The lowest BCUT2D eigenvalue weighted by Crippen LogP contribution is -2.03. The molecule has 0 radical (unpaired) electrons. The number of halogens is 3. The number of hydrogen-bond acceptors (Lipinski definition) is 1. The van der Waals surface area contributed by atoms with Crippen molar-refractivity contribution in [2.45, 2.75) is 13.3 Å². The van der Waals surface area contributed by atoms with Gasteiger partial charge in [0.15, 0.2) is 0 Å². The molecule has 0 atom stereocenters. The lowest BCUT2D eigenvalue weighted by molar-refractivity contribution is 0.625. The second-order valence-electron chi connectivity index (χ2n) is 4.92. The van der Waals surface area contributed by atoms with E-state index in [0.29, 0.717) is 29.3 Å². The molecule has 2 nitrogen and oxygen atoms in total. The fourth-order valence-corrected chi connectivity index (χ4v) is 2.66. The average molecular weight is 307 g/mol. The SMILES string of the molecule is Cc1cc(F)cc(-n2c(CCCl)nc3cc(F)ccc32)c1. The van der Waals surface area contributed by atoms with Gasteiger partial charge in [0.1, 0.15) is 17.5 Å². The van der Waals surface area contributed by atoms with E-state index in [0.717, 1.165) is 11.1 Å². The van der Waals surface area contributed by atoms with E-state index in [1.165, 1.54) is 24.3 Å². The Morgan fingerprint density at radius 2 is 1.90 bits per heavy atom. The van der Waals surface area contributed by atoms with Crippen LogP contribution in [0.1, 0.15) is 11.4 Å². The van der Waals surface area contributed by atoms with Gasteiger partial charge in [0.2, 0.25) is 0 Å². The maximum atomic E-state index is 13.7. The van der Waals surface area contributed by atoms with Crippen LogP contribution in [0, 0.1) is 18.6 Å². The molecule has 0 fully saturated rings. The van der Waals surface area contributed by atoms with Crippen molar-refractivity contribution in [3.63, 3.8) is 0 Å². The summed E-state index contributed by atoms with van der Waals surface area (Å²) >= 11 is 5.82. The van der Waals surface area contributed by atoms with Gasteiger partial charge in [0, 0.05) is 18.4 Å². The first kappa shape index (κ1) is 14.0. The van der Waals surface area contributed by atoms with Gasteiger partial charge in [-0.3, -0.25) is 4.57 Å². The maximum absolute atomic E-state index is 13.7. The summed E-state index contributed by atoms with van der Waals surface area (Å²) < 4.78 is 28.9. The van der Waals surface area contributed by atoms with Gasteiger partial charge in [-0.25, -0.2) is 13.8 Å². The van der Waals surface area contributed by atoms with Gasteiger partial charge in [0.05, 0.1) is 16.7 Å². The van der Waals surface area contributed by atoms with Crippen LogP contribution in [0.5, 0.6) is 0 Å². The first-order chi connectivity index (χ1) is 10.1. The zero-order chi connectivity index (χ0) is 15.0. The van der Waals surface area contributed by atoms with E-state index in [1.807, 2.05) is 17.6 Å². The molecule has 2 aromatic carbocycles. The number of rotatable bonds is 3. The second kappa shape index (κ2) is 5.45. The first-order valence-electron chi connectivity index (χ1n) is 6.59. The highest BCUT2D eigenvalue weighted by Crippen LogP contribution is 2.24. The van der Waals surface area contributed by atoms with Gasteiger partial charge in [-0.05, 0) is 42.8 Å². The van der Waals surface area contributed by atoms with Gasteiger partial charge < -0.3 is 0 Å². The van der Waals surface area contributed by atoms with E-state index in [2.05, 4.69) is 4.98 Å². The van der Waals surface area contributed by atoms with Gasteiger partial charge in [-0.1, -0.05) is 0 Å². The minimum Gasteiger partial charge on any atom is -0.296 e. The van der Waals surface area contributed by atoms with Crippen LogP contribution in [0.2, 0.25) is 0 Å². The van der Waals surface area contributed by atoms with E-state index in [-0.39, 0.29) is 11.6 Å². The molecule has 0 unspecified atom stereocenters. The molecule has 0 aliphatic rings. The quantitative estimate of drug-likeness (QED) is 0.656. The molecule has 21 heavy (non-hydrogen) atoms. The average Bonchev–Trinajstić information content (AvgIpc) is 2.75. The third-order valence-electron chi connectivity index (χ3n) is 3.29. The molecular formula is C16H13ClF2N2. The third-order valence-corrected chi connectivity index (χ3v) is 3.48. The van der Waals surface area contributed by atoms with Crippen LogP contribution >= 0.6 is 11.6 Å². The second-order valence-corrected chi connectivity index (χ2v) is 5.30. The van der Waals surface area contributed by atoms with Crippen LogP contribution < -0.4 is 0 Å². The van der Waals surface area contributed by atoms with E-state index >= 15 is 0 Å². The van der Waals surface area contributed by atoms with Crippen LogP contribution in [-0.4, -0.2) is 15.4 Å². The normalized spacial score (nSPS) is 11.2. The van der Waals surface area contributed by atoms with Crippen LogP contribution in [-0.2, 0) is 6.42 Å². The van der Waals surface area contributed by atoms with Crippen LogP contribution in [0.25, 0.3) is 16.7 Å².